The van der Waals surface area contributed by atoms with E-state index in [0.717, 1.165) is 30.6 Å². The first-order valence-electron chi connectivity index (χ1n) is 6.27. The van der Waals surface area contributed by atoms with E-state index in [1.807, 2.05) is 30.3 Å². The predicted octanol–water partition coefficient (Wildman–Crippen LogP) is 4.83. The Morgan fingerprint density at radius 2 is 1.79 bits per heavy atom. The van der Waals surface area contributed by atoms with Crippen LogP contribution in [-0.2, 0) is 0 Å². The minimum atomic E-state index is 0.0943. The van der Waals surface area contributed by atoms with Crippen LogP contribution in [0.1, 0.15) is 25.3 Å². The highest BCUT2D eigenvalue weighted by molar-refractivity contribution is 7.80. The summed E-state index contributed by atoms with van der Waals surface area (Å²) in [6.45, 7) is 4.24. The van der Waals surface area contributed by atoms with Crippen LogP contribution in [0, 0.1) is 0 Å². The quantitative estimate of drug-likeness (QED) is 0.501. The number of hydrogen-bond donors (Lipinski definition) is 1. The van der Waals surface area contributed by atoms with Gasteiger partial charge in [0, 0.05) is 19.7 Å². The fraction of sp³-hybridized carbons (Fsp3) is 0.188. The van der Waals surface area contributed by atoms with Crippen LogP contribution in [0.2, 0.25) is 0 Å². The van der Waals surface area contributed by atoms with Gasteiger partial charge in [0.15, 0.2) is 5.43 Å². The van der Waals surface area contributed by atoms with Gasteiger partial charge in [-0.2, -0.15) is 0 Å². The van der Waals surface area contributed by atoms with E-state index in [1.54, 1.807) is 11.3 Å². The summed E-state index contributed by atoms with van der Waals surface area (Å²) < 4.78 is 2.04. The Bertz CT molecular complexity index is 831. The second-order valence-corrected chi connectivity index (χ2v) is 6.49. The maximum absolute atomic E-state index is 12.6. The van der Waals surface area contributed by atoms with Crippen molar-refractivity contribution in [2.24, 2.45) is 0 Å². The third kappa shape index (κ3) is 1.97. The molecule has 1 nitrogen and oxygen atoms in total. The van der Waals surface area contributed by atoms with Crippen LogP contribution >= 0.6 is 24.0 Å². The summed E-state index contributed by atoms with van der Waals surface area (Å²) in [5.41, 5.74) is 1.23. The van der Waals surface area contributed by atoms with Crippen molar-refractivity contribution in [2.45, 2.75) is 24.7 Å². The van der Waals surface area contributed by atoms with Crippen LogP contribution < -0.4 is 5.43 Å². The van der Waals surface area contributed by atoms with E-state index >= 15 is 0 Å². The highest BCUT2D eigenvalue weighted by Crippen LogP contribution is 2.32. The molecule has 0 unspecified atom stereocenters. The van der Waals surface area contributed by atoms with Crippen LogP contribution in [0.25, 0.3) is 20.2 Å². The standard InChI is InChI=1S/C16H14OS2/c1-9(2)10-7-8-13-14(16(10)18)15(17)11-5-3-4-6-12(11)19-13/h3-9,18H,1-2H3. The third-order valence-electron chi connectivity index (χ3n) is 3.37. The molecule has 2 aromatic carbocycles. The molecular formula is C16H14OS2. The van der Waals surface area contributed by atoms with Gasteiger partial charge < -0.3 is 0 Å². The van der Waals surface area contributed by atoms with E-state index < -0.39 is 0 Å². The Labute approximate surface area is 121 Å². The summed E-state index contributed by atoms with van der Waals surface area (Å²) in [6.07, 6.45) is 0. The number of hydrogen-bond acceptors (Lipinski definition) is 3. The van der Waals surface area contributed by atoms with Crippen LogP contribution in [0.15, 0.2) is 46.1 Å². The fourth-order valence-electron chi connectivity index (χ4n) is 2.36. The van der Waals surface area contributed by atoms with E-state index in [-0.39, 0.29) is 5.43 Å². The summed E-state index contributed by atoms with van der Waals surface area (Å²) in [7, 11) is 0. The molecule has 19 heavy (non-hydrogen) atoms. The molecule has 1 aromatic heterocycles. The Morgan fingerprint density at radius 1 is 1.05 bits per heavy atom. The maximum Gasteiger partial charge on any atom is 0.196 e. The molecule has 96 valence electrons. The smallest absolute Gasteiger partial charge is 0.196 e. The van der Waals surface area contributed by atoms with Gasteiger partial charge in [-0.3, -0.25) is 4.79 Å². The monoisotopic (exact) mass is 286 g/mol. The van der Waals surface area contributed by atoms with E-state index in [2.05, 4.69) is 32.5 Å². The lowest BCUT2D eigenvalue weighted by Gasteiger charge is -2.11. The predicted molar refractivity (Wildman–Crippen MR) is 86.9 cm³/mol. The van der Waals surface area contributed by atoms with Gasteiger partial charge in [-0.1, -0.05) is 32.0 Å². The highest BCUT2D eigenvalue weighted by atomic mass is 32.1. The molecule has 0 amide bonds. The van der Waals surface area contributed by atoms with Crippen molar-refractivity contribution in [1.29, 1.82) is 0 Å². The van der Waals surface area contributed by atoms with Gasteiger partial charge in [0.25, 0.3) is 0 Å². The second-order valence-electron chi connectivity index (χ2n) is 4.96. The largest absolute Gasteiger partial charge is 0.288 e. The van der Waals surface area contributed by atoms with Gasteiger partial charge in [-0.25, -0.2) is 0 Å². The molecule has 0 aliphatic carbocycles. The van der Waals surface area contributed by atoms with Crippen LogP contribution in [0.4, 0.5) is 0 Å². The Morgan fingerprint density at radius 3 is 2.53 bits per heavy atom. The van der Waals surface area contributed by atoms with Gasteiger partial charge in [0.05, 0.1) is 5.39 Å². The van der Waals surface area contributed by atoms with E-state index in [0.29, 0.717) is 5.92 Å². The van der Waals surface area contributed by atoms with Crippen LogP contribution in [-0.4, -0.2) is 0 Å². The molecule has 0 saturated carbocycles. The lowest BCUT2D eigenvalue weighted by molar-refractivity contribution is 0.847. The normalized spacial score (nSPS) is 11.6. The van der Waals surface area contributed by atoms with Crippen LogP contribution in [0.5, 0.6) is 0 Å². The summed E-state index contributed by atoms with van der Waals surface area (Å²) >= 11 is 6.26. The zero-order valence-electron chi connectivity index (χ0n) is 10.8. The first-order valence-corrected chi connectivity index (χ1v) is 7.53. The summed E-state index contributed by atoms with van der Waals surface area (Å²) in [5, 5.41) is 1.55. The van der Waals surface area contributed by atoms with E-state index in [9.17, 15) is 4.79 Å². The fourth-order valence-corrected chi connectivity index (χ4v) is 4.07. The Balaban J connectivity index is 2.53. The van der Waals surface area contributed by atoms with E-state index in [4.69, 9.17) is 0 Å². The third-order valence-corrected chi connectivity index (χ3v) is 4.99. The van der Waals surface area contributed by atoms with Crippen molar-refractivity contribution >= 4 is 44.1 Å². The summed E-state index contributed by atoms with van der Waals surface area (Å²) in [6, 6.07) is 11.9. The Hall–Kier alpha value is -1.32. The first kappa shape index (κ1) is 12.7. The van der Waals surface area contributed by atoms with Crippen molar-refractivity contribution in [3.8, 4) is 0 Å². The molecule has 0 aliphatic heterocycles. The number of rotatable bonds is 1. The summed E-state index contributed by atoms with van der Waals surface area (Å²) in [5.74, 6) is 0.368. The zero-order chi connectivity index (χ0) is 13.6. The minimum Gasteiger partial charge on any atom is -0.288 e. The molecule has 0 spiro atoms. The molecule has 0 fully saturated rings. The molecule has 0 radical (unpaired) electrons. The number of thiol groups is 1. The van der Waals surface area contributed by atoms with E-state index in [1.165, 1.54) is 0 Å². The number of benzene rings is 2. The average Bonchev–Trinajstić information content (AvgIpc) is 2.38. The van der Waals surface area contributed by atoms with Crippen molar-refractivity contribution in [3.05, 3.63) is 52.2 Å². The van der Waals surface area contributed by atoms with Crippen molar-refractivity contribution in [1.82, 2.24) is 0 Å². The van der Waals surface area contributed by atoms with Crippen LogP contribution in [0.3, 0.4) is 0 Å². The number of fused-ring (bicyclic) bond motifs is 2. The highest BCUT2D eigenvalue weighted by Gasteiger charge is 2.13. The second kappa shape index (κ2) is 4.66. The average molecular weight is 286 g/mol. The lowest BCUT2D eigenvalue weighted by atomic mass is 10.0. The Kier molecular flexibility index (Phi) is 3.11. The molecule has 0 atom stereocenters. The van der Waals surface area contributed by atoms with Crippen molar-refractivity contribution in [3.63, 3.8) is 0 Å². The molecule has 0 saturated heterocycles. The SMILES string of the molecule is CC(C)c1ccc2sc3ccccc3c(=O)c2c1S. The molecule has 3 rings (SSSR count). The molecule has 1 heterocycles. The first-order chi connectivity index (χ1) is 9.09. The molecular weight excluding hydrogens is 272 g/mol. The molecule has 3 aromatic rings. The van der Waals surface area contributed by atoms with Gasteiger partial charge in [0.1, 0.15) is 0 Å². The molecule has 3 heteroatoms. The van der Waals surface area contributed by atoms with Crippen molar-refractivity contribution < 1.29 is 0 Å². The van der Waals surface area contributed by atoms with Gasteiger partial charge in [0.2, 0.25) is 0 Å². The lowest BCUT2D eigenvalue weighted by Crippen LogP contribution is -2.03. The van der Waals surface area contributed by atoms with Gasteiger partial charge in [-0.15, -0.1) is 24.0 Å². The maximum atomic E-state index is 12.6. The van der Waals surface area contributed by atoms with Gasteiger partial charge in [-0.05, 0) is 29.7 Å². The molecule has 0 bridgehead atoms. The van der Waals surface area contributed by atoms with Crippen molar-refractivity contribution in [2.75, 3.05) is 0 Å². The zero-order valence-corrected chi connectivity index (χ0v) is 12.5. The van der Waals surface area contributed by atoms with Gasteiger partial charge >= 0.3 is 0 Å². The summed E-state index contributed by atoms with van der Waals surface area (Å²) in [4.78, 5) is 13.5. The molecule has 0 N–H and O–H groups in total. The topological polar surface area (TPSA) is 17.1 Å². The minimum absolute atomic E-state index is 0.0943. The molecule has 0 aliphatic rings.